The summed E-state index contributed by atoms with van der Waals surface area (Å²) in [7, 11) is 0. The van der Waals surface area contributed by atoms with Gasteiger partial charge >= 0.3 is 5.97 Å². The molecule has 0 saturated carbocycles. The zero-order chi connectivity index (χ0) is 26.3. The lowest BCUT2D eigenvalue weighted by molar-refractivity contribution is -0.136. The average Bonchev–Trinajstić information content (AvgIpc) is 3.26. The quantitative estimate of drug-likeness (QED) is 0.469. The second-order valence-corrected chi connectivity index (χ2v) is 10.3. The van der Waals surface area contributed by atoms with E-state index >= 15 is 0 Å². The molecule has 1 aliphatic carbocycles. The predicted octanol–water partition coefficient (Wildman–Crippen LogP) is 5.07. The minimum absolute atomic E-state index is 0.0462. The van der Waals surface area contributed by atoms with Gasteiger partial charge in [0.15, 0.2) is 0 Å². The van der Waals surface area contributed by atoms with E-state index in [9.17, 15) is 15.0 Å². The summed E-state index contributed by atoms with van der Waals surface area (Å²) in [5, 5.41) is 20.2. The lowest BCUT2D eigenvalue weighted by atomic mass is 9.75. The van der Waals surface area contributed by atoms with Crippen molar-refractivity contribution >= 4 is 23.4 Å². The van der Waals surface area contributed by atoms with E-state index in [0.717, 1.165) is 29.8 Å². The number of carbonyl (C=O) groups is 1. The number of para-hydroxylation sites is 1. The SMILES string of the molecule is CC1(C)CC(/C=C/c2ccc(N(CCO)CCO)cc2)=CC(=C/C=C2/CN(c3ccccc3)OC2=O)/C1. The molecule has 0 spiro atoms. The monoisotopic (exact) mass is 500 g/mol. The van der Waals surface area contributed by atoms with E-state index in [-0.39, 0.29) is 24.6 Å². The number of nitrogens with zero attached hydrogens (tertiary/aromatic N) is 2. The van der Waals surface area contributed by atoms with Crippen molar-refractivity contribution in [3.8, 4) is 0 Å². The van der Waals surface area contributed by atoms with Gasteiger partial charge in [0.2, 0.25) is 0 Å². The predicted molar refractivity (Wildman–Crippen MR) is 149 cm³/mol. The van der Waals surface area contributed by atoms with E-state index in [1.807, 2.05) is 71.6 Å². The molecule has 37 heavy (non-hydrogen) atoms. The first kappa shape index (κ1) is 26.5. The van der Waals surface area contributed by atoms with Crippen molar-refractivity contribution in [3.63, 3.8) is 0 Å². The van der Waals surface area contributed by atoms with Crippen LogP contribution in [0.3, 0.4) is 0 Å². The molecule has 1 fully saturated rings. The van der Waals surface area contributed by atoms with Gasteiger partial charge in [0.1, 0.15) is 0 Å². The molecule has 2 aliphatic rings. The van der Waals surface area contributed by atoms with Crippen LogP contribution in [-0.2, 0) is 9.63 Å². The summed E-state index contributed by atoms with van der Waals surface area (Å²) in [4.78, 5) is 19.8. The number of allylic oxidation sites excluding steroid dienone is 6. The Kier molecular flexibility index (Phi) is 8.64. The summed E-state index contributed by atoms with van der Waals surface area (Å²) < 4.78 is 0. The van der Waals surface area contributed by atoms with Gasteiger partial charge < -0.3 is 20.0 Å². The standard InChI is InChI=1S/C31H36N2O4/c1-31(2)21-25(9-8-24-11-14-28(15-12-24)32(16-18-34)17-19-35)20-26(22-31)10-13-27-23-33(37-30(27)36)29-6-4-3-5-7-29/h3-15,20,34-35H,16-19,21-23H2,1-2H3/b9-8+,26-10-,27-13-. The highest BCUT2D eigenvalue weighted by Gasteiger charge is 2.28. The third kappa shape index (κ3) is 7.21. The molecule has 2 aromatic rings. The molecule has 4 rings (SSSR count). The van der Waals surface area contributed by atoms with Gasteiger partial charge in [0.25, 0.3) is 0 Å². The van der Waals surface area contributed by atoms with Gasteiger partial charge in [0.05, 0.1) is 31.0 Å². The van der Waals surface area contributed by atoms with E-state index in [0.29, 0.717) is 25.2 Å². The molecule has 0 aromatic heterocycles. The second kappa shape index (κ2) is 12.1. The van der Waals surface area contributed by atoms with Crippen molar-refractivity contribution in [2.45, 2.75) is 26.7 Å². The molecule has 1 saturated heterocycles. The Labute approximate surface area is 219 Å². The van der Waals surface area contributed by atoms with Gasteiger partial charge in [0, 0.05) is 18.8 Å². The third-order valence-corrected chi connectivity index (χ3v) is 6.54. The molecule has 0 atom stereocenters. The van der Waals surface area contributed by atoms with Gasteiger partial charge in [-0.1, -0.05) is 68.5 Å². The van der Waals surface area contributed by atoms with Crippen LogP contribution in [0.25, 0.3) is 6.08 Å². The first-order valence-corrected chi connectivity index (χ1v) is 12.8. The summed E-state index contributed by atoms with van der Waals surface area (Å²) in [5.74, 6) is -0.306. The Hall–Kier alpha value is -3.61. The van der Waals surface area contributed by atoms with Crippen molar-refractivity contribution in [2.24, 2.45) is 5.41 Å². The van der Waals surface area contributed by atoms with Crippen molar-refractivity contribution < 1.29 is 19.8 Å². The van der Waals surface area contributed by atoms with Gasteiger partial charge in [-0.3, -0.25) is 0 Å². The number of anilines is 2. The Morgan fingerprint density at radius 1 is 0.946 bits per heavy atom. The highest BCUT2D eigenvalue weighted by molar-refractivity contribution is 5.93. The number of hydrogen-bond donors (Lipinski definition) is 2. The molecule has 1 aliphatic heterocycles. The lowest BCUT2D eigenvalue weighted by Crippen LogP contribution is -2.29. The van der Waals surface area contributed by atoms with Crippen LogP contribution in [0.1, 0.15) is 32.3 Å². The first-order chi connectivity index (χ1) is 17.9. The zero-order valence-corrected chi connectivity index (χ0v) is 21.6. The molecule has 0 unspecified atom stereocenters. The third-order valence-electron chi connectivity index (χ3n) is 6.54. The van der Waals surface area contributed by atoms with Crippen molar-refractivity contribution in [3.05, 3.63) is 101 Å². The molecule has 0 bridgehead atoms. The summed E-state index contributed by atoms with van der Waals surface area (Å²) in [6, 6.07) is 17.8. The topological polar surface area (TPSA) is 73.2 Å². The average molecular weight is 501 g/mol. The number of aliphatic hydroxyl groups is 2. The van der Waals surface area contributed by atoms with Gasteiger partial charge in [-0.2, -0.15) is 0 Å². The molecule has 6 nitrogen and oxygen atoms in total. The fourth-order valence-electron chi connectivity index (χ4n) is 4.81. The molecule has 6 heteroatoms. The van der Waals surface area contributed by atoms with Crippen LogP contribution < -0.4 is 9.96 Å². The summed E-state index contributed by atoms with van der Waals surface area (Å²) in [5.41, 5.74) is 6.11. The highest BCUT2D eigenvalue weighted by Crippen LogP contribution is 2.38. The maximum absolute atomic E-state index is 12.4. The molecular formula is C31H36N2O4. The zero-order valence-electron chi connectivity index (χ0n) is 21.6. The largest absolute Gasteiger partial charge is 0.395 e. The number of rotatable bonds is 9. The van der Waals surface area contributed by atoms with Crippen LogP contribution in [0.5, 0.6) is 0 Å². The molecule has 2 aromatic carbocycles. The Balaban J connectivity index is 1.47. The number of aliphatic hydroxyl groups excluding tert-OH is 2. The number of benzene rings is 2. The van der Waals surface area contributed by atoms with E-state index in [1.165, 1.54) is 11.1 Å². The van der Waals surface area contributed by atoms with Crippen molar-refractivity contribution in [1.82, 2.24) is 0 Å². The van der Waals surface area contributed by atoms with Gasteiger partial charge in [-0.25, -0.2) is 9.86 Å². The smallest absolute Gasteiger partial charge is 0.361 e. The lowest BCUT2D eigenvalue weighted by Gasteiger charge is -2.30. The highest BCUT2D eigenvalue weighted by atomic mass is 16.7. The summed E-state index contributed by atoms with van der Waals surface area (Å²) >= 11 is 0. The van der Waals surface area contributed by atoms with E-state index < -0.39 is 0 Å². The Bertz CT molecular complexity index is 1190. The van der Waals surface area contributed by atoms with Crippen molar-refractivity contribution in [1.29, 1.82) is 0 Å². The Morgan fingerprint density at radius 2 is 1.65 bits per heavy atom. The fourth-order valence-corrected chi connectivity index (χ4v) is 4.81. The Morgan fingerprint density at radius 3 is 2.32 bits per heavy atom. The maximum Gasteiger partial charge on any atom is 0.361 e. The molecule has 0 amide bonds. The van der Waals surface area contributed by atoms with Crippen LogP contribution in [0.15, 0.2) is 95.6 Å². The minimum atomic E-state index is -0.306. The van der Waals surface area contributed by atoms with Gasteiger partial charge in [-0.15, -0.1) is 0 Å². The maximum atomic E-state index is 12.4. The first-order valence-electron chi connectivity index (χ1n) is 12.8. The fraction of sp³-hybridized carbons (Fsp3) is 0.323. The van der Waals surface area contributed by atoms with E-state index in [1.54, 1.807) is 5.06 Å². The van der Waals surface area contributed by atoms with Gasteiger partial charge in [-0.05, 0) is 65.3 Å². The molecule has 194 valence electrons. The molecule has 1 heterocycles. The van der Waals surface area contributed by atoms with Crippen LogP contribution in [0, 0.1) is 5.41 Å². The minimum Gasteiger partial charge on any atom is -0.395 e. The van der Waals surface area contributed by atoms with Crippen LogP contribution in [0.2, 0.25) is 0 Å². The number of carbonyl (C=O) groups excluding carboxylic acids is 1. The second-order valence-electron chi connectivity index (χ2n) is 10.3. The number of hydroxylamine groups is 1. The van der Waals surface area contributed by atoms with Crippen LogP contribution in [0.4, 0.5) is 11.4 Å². The molecule has 0 radical (unpaired) electrons. The summed E-state index contributed by atoms with van der Waals surface area (Å²) in [6.07, 6.45) is 12.3. The van der Waals surface area contributed by atoms with E-state index in [2.05, 4.69) is 32.1 Å². The number of hydrogen-bond acceptors (Lipinski definition) is 6. The van der Waals surface area contributed by atoms with Crippen LogP contribution >= 0.6 is 0 Å². The van der Waals surface area contributed by atoms with Crippen molar-refractivity contribution in [2.75, 3.05) is 42.8 Å². The normalized spacial score (nSPS) is 19.5. The van der Waals surface area contributed by atoms with E-state index in [4.69, 9.17) is 4.84 Å². The summed E-state index contributed by atoms with van der Waals surface area (Å²) in [6.45, 7) is 6.03. The molecule has 2 N–H and O–H groups in total. The van der Waals surface area contributed by atoms with Crippen LogP contribution in [-0.4, -0.2) is 49.0 Å². The molecular weight excluding hydrogens is 464 g/mol.